The normalized spacial score (nSPS) is 20.2. The number of nitrogens with zero attached hydrogens (tertiary/aromatic N) is 1. The molecule has 0 spiro atoms. The van der Waals surface area contributed by atoms with Gasteiger partial charge in [-0.2, -0.15) is 0 Å². The Morgan fingerprint density at radius 3 is 2.58 bits per heavy atom. The van der Waals surface area contributed by atoms with Crippen molar-refractivity contribution in [3.63, 3.8) is 0 Å². The van der Waals surface area contributed by atoms with Crippen molar-refractivity contribution in [1.82, 2.24) is 4.90 Å². The molecule has 0 aromatic heterocycles. The van der Waals surface area contributed by atoms with Crippen molar-refractivity contribution in [3.05, 3.63) is 65.2 Å². The summed E-state index contributed by atoms with van der Waals surface area (Å²) in [5.74, 6) is 0.586. The van der Waals surface area contributed by atoms with Crippen LogP contribution in [0.2, 0.25) is 0 Å². The largest absolute Gasteiger partial charge is 0.484 e. The number of ether oxygens (including phenoxy) is 1. The van der Waals surface area contributed by atoms with Crippen molar-refractivity contribution in [3.8, 4) is 5.75 Å². The van der Waals surface area contributed by atoms with Crippen molar-refractivity contribution >= 4 is 5.91 Å². The summed E-state index contributed by atoms with van der Waals surface area (Å²) < 4.78 is 5.56. The number of likely N-dealkylation sites (tertiary alicyclic amines) is 1. The average molecular weight is 325 g/mol. The third kappa shape index (κ3) is 3.44. The molecule has 0 bridgehead atoms. The smallest absolute Gasteiger partial charge is 0.260 e. The molecule has 126 valence electrons. The molecule has 0 saturated carbocycles. The standard InChI is InChI=1S/C20H23NO3/c1-15-7-9-17(10-8-15)24-13-19(22)21-12-11-20(23,14-21)18-6-4-3-5-16(18)2/h3-10,23H,11-14H2,1-2H3/t20-/m0/s1. The topological polar surface area (TPSA) is 49.8 Å². The molecule has 2 aromatic rings. The Bertz CT molecular complexity index is 726. The summed E-state index contributed by atoms with van der Waals surface area (Å²) in [5.41, 5.74) is 2.13. The average Bonchev–Trinajstić information content (AvgIpc) is 2.98. The molecule has 1 saturated heterocycles. The van der Waals surface area contributed by atoms with E-state index in [-0.39, 0.29) is 12.5 Å². The highest BCUT2D eigenvalue weighted by atomic mass is 16.5. The van der Waals surface area contributed by atoms with Crippen LogP contribution in [0, 0.1) is 13.8 Å². The molecule has 0 unspecified atom stereocenters. The minimum atomic E-state index is -0.967. The van der Waals surface area contributed by atoms with Gasteiger partial charge in [0.05, 0.1) is 6.54 Å². The number of aliphatic hydroxyl groups is 1. The number of amides is 1. The van der Waals surface area contributed by atoms with Crippen LogP contribution in [-0.4, -0.2) is 35.6 Å². The fraction of sp³-hybridized carbons (Fsp3) is 0.350. The van der Waals surface area contributed by atoms with Gasteiger partial charge in [0, 0.05) is 6.54 Å². The van der Waals surface area contributed by atoms with E-state index in [1.807, 2.05) is 62.4 Å². The van der Waals surface area contributed by atoms with Crippen molar-refractivity contribution < 1.29 is 14.6 Å². The zero-order chi connectivity index (χ0) is 17.2. The Balaban J connectivity index is 1.61. The predicted molar refractivity (Wildman–Crippen MR) is 92.9 cm³/mol. The van der Waals surface area contributed by atoms with Gasteiger partial charge in [-0.15, -0.1) is 0 Å². The Morgan fingerprint density at radius 1 is 1.17 bits per heavy atom. The number of β-amino-alcohol motifs (C(OH)–C–C–N with tert-alkyl or cyclic N) is 1. The van der Waals surface area contributed by atoms with Gasteiger partial charge < -0.3 is 14.7 Å². The van der Waals surface area contributed by atoms with Crippen LogP contribution in [0.15, 0.2) is 48.5 Å². The molecule has 1 heterocycles. The molecule has 1 aliphatic rings. The number of hydrogen-bond acceptors (Lipinski definition) is 3. The third-order valence-corrected chi connectivity index (χ3v) is 4.63. The number of benzene rings is 2. The van der Waals surface area contributed by atoms with Crippen LogP contribution >= 0.6 is 0 Å². The van der Waals surface area contributed by atoms with E-state index < -0.39 is 5.60 Å². The minimum absolute atomic E-state index is 0.00703. The third-order valence-electron chi connectivity index (χ3n) is 4.63. The summed E-state index contributed by atoms with van der Waals surface area (Å²) in [7, 11) is 0. The lowest BCUT2D eigenvalue weighted by Gasteiger charge is -2.25. The van der Waals surface area contributed by atoms with E-state index in [4.69, 9.17) is 4.74 Å². The van der Waals surface area contributed by atoms with Crippen LogP contribution in [0.3, 0.4) is 0 Å². The molecular weight excluding hydrogens is 302 g/mol. The highest BCUT2D eigenvalue weighted by Crippen LogP contribution is 2.33. The van der Waals surface area contributed by atoms with E-state index in [2.05, 4.69) is 0 Å². The van der Waals surface area contributed by atoms with Crippen molar-refractivity contribution in [1.29, 1.82) is 0 Å². The number of carbonyl (C=O) groups excluding carboxylic acids is 1. The van der Waals surface area contributed by atoms with Crippen LogP contribution < -0.4 is 4.74 Å². The summed E-state index contributed by atoms with van der Waals surface area (Å²) in [6.07, 6.45) is 0.550. The lowest BCUT2D eigenvalue weighted by atomic mass is 9.89. The quantitative estimate of drug-likeness (QED) is 0.940. The Kier molecular flexibility index (Phi) is 4.58. The molecule has 1 N–H and O–H groups in total. The minimum Gasteiger partial charge on any atom is -0.484 e. The molecule has 3 rings (SSSR count). The molecule has 0 aliphatic carbocycles. The lowest BCUT2D eigenvalue weighted by Crippen LogP contribution is -2.37. The van der Waals surface area contributed by atoms with Crippen molar-refractivity contribution in [2.75, 3.05) is 19.7 Å². The number of carbonyl (C=O) groups is 1. The van der Waals surface area contributed by atoms with E-state index in [0.29, 0.717) is 25.3 Å². The Hall–Kier alpha value is -2.33. The maximum Gasteiger partial charge on any atom is 0.260 e. The van der Waals surface area contributed by atoms with E-state index in [9.17, 15) is 9.90 Å². The highest BCUT2D eigenvalue weighted by Gasteiger charge is 2.40. The number of rotatable bonds is 4. The van der Waals surface area contributed by atoms with Crippen molar-refractivity contribution in [2.45, 2.75) is 25.9 Å². The predicted octanol–water partition coefficient (Wildman–Crippen LogP) is 2.80. The molecule has 1 fully saturated rings. The fourth-order valence-corrected chi connectivity index (χ4v) is 3.19. The highest BCUT2D eigenvalue weighted by molar-refractivity contribution is 5.78. The number of hydrogen-bond donors (Lipinski definition) is 1. The van der Waals surface area contributed by atoms with Gasteiger partial charge in [-0.05, 0) is 43.5 Å². The molecule has 1 amide bonds. The Morgan fingerprint density at radius 2 is 1.88 bits per heavy atom. The number of aryl methyl sites for hydroxylation is 2. The Labute approximate surface area is 142 Å². The zero-order valence-corrected chi connectivity index (χ0v) is 14.2. The fourth-order valence-electron chi connectivity index (χ4n) is 3.19. The van der Waals surface area contributed by atoms with Gasteiger partial charge >= 0.3 is 0 Å². The second-order valence-electron chi connectivity index (χ2n) is 6.51. The first-order chi connectivity index (χ1) is 11.5. The second kappa shape index (κ2) is 6.65. The summed E-state index contributed by atoms with van der Waals surface area (Å²) in [6, 6.07) is 15.4. The van der Waals surface area contributed by atoms with Crippen LogP contribution in [-0.2, 0) is 10.4 Å². The first-order valence-electron chi connectivity index (χ1n) is 8.24. The van der Waals surface area contributed by atoms with Gasteiger partial charge in [0.1, 0.15) is 11.4 Å². The molecule has 4 nitrogen and oxygen atoms in total. The maximum absolute atomic E-state index is 12.4. The summed E-state index contributed by atoms with van der Waals surface area (Å²) >= 11 is 0. The molecule has 1 atom stereocenters. The van der Waals surface area contributed by atoms with Crippen LogP contribution in [0.1, 0.15) is 23.1 Å². The second-order valence-corrected chi connectivity index (χ2v) is 6.51. The zero-order valence-electron chi connectivity index (χ0n) is 14.2. The maximum atomic E-state index is 12.4. The SMILES string of the molecule is Cc1ccc(OCC(=O)N2CC[C@@](O)(c3ccccc3C)C2)cc1. The molecule has 2 aromatic carbocycles. The lowest BCUT2D eigenvalue weighted by molar-refractivity contribution is -0.133. The van der Waals surface area contributed by atoms with Crippen LogP contribution in [0.5, 0.6) is 5.75 Å². The van der Waals surface area contributed by atoms with Crippen molar-refractivity contribution in [2.24, 2.45) is 0 Å². The van der Waals surface area contributed by atoms with E-state index >= 15 is 0 Å². The molecule has 0 radical (unpaired) electrons. The van der Waals surface area contributed by atoms with E-state index in [0.717, 1.165) is 16.7 Å². The van der Waals surface area contributed by atoms with Gasteiger partial charge in [0.25, 0.3) is 5.91 Å². The van der Waals surface area contributed by atoms with Crippen LogP contribution in [0.4, 0.5) is 0 Å². The van der Waals surface area contributed by atoms with Crippen LogP contribution in [0.25, 0.3) is 0 Å². The molecule has 24 heavy (non-hydrogen) atoms. The van der Waals surface area contributed by atoms with Gasteiger partial charge in [0.2, 0.25) is 0 Å². The van der Waals surface area contributed by atoms with Gasteiger partial charge in [-0.3, -0.25) is 4.79 Å². The molecule has 4 heteroatoms. The first-order valence-corrected chi connectivity index (χ1v) is 8.24. The van der Waals surface area contributed by atoms with Gasteiger partial charge in [0.15, 0.2) is 6.61 Å². The van der Waals surface area contributed by atoms with Gasteiger partial charge in [-0.1, -0.05) is 42.0 Å². The summed E-state index contributed by atoms with van der Waals surface area (Å²) in [6.45, 7) is 4.84. The monoisotopic (exact) mass is 325 g/mol. The van der Waals surface area contributed by atoms with E-state index in [1.54, 1.807) is 4.90 Å². The summed E-state index contributed by atoms with van der Waals surface area (Å²) in [4.78, 5) is 14.1. The molecule has 1 aliphatic heterocycles. The van der Waals surface area contributed by atoms with Gasteiger partial charge in [-0.25, -0.2) is 0 Å². The summed E-state index contributed by atoms with van der Waals surface area (Å²) in [5, 5.41) is 10.9. The van der Waals surface area contributed by atoms with E-state index in [1.165, 1.54) is 0 Å². The first kappa shape index (κ1) is 16.5. The molecular formula is C20H23NO3.